The number of imide groups is 1. The number of aromatic hydroxyl groups is 2. The molecule has 2 saturated carbocycles. The number of rotatable bonds is 20. The molecule has 0 radical (unpaired) electrons. The number of carbonyl (C=O) groups is 8. The number of nitrogens with one attached hydrogen (secondary N) is 9. The van der Waals surface area contributed by atoms with E-state index in [-0.39, 0.29) is 84.0 Å². The van der Waals surface area contributed by atoms with Crippen molar-refractivity contribution in [3.8, 4) is 23.0 Å². The maximum atomic E-state index is 14.6. The quantitative estimate of drug-likeness (QED) is 0.0288. The number of fused-ring (bicyclic) bond motifs is 6. The smallest absolute Gasteiger partial charge is 0.240 e. The largest absolute Gasteiger partial charge is 0.504 e. The number of ketones is 2. The van der Waals surface area contributed by atoms with Gasteiger partial charge in [0.25, 0.3) is 0 Å². The Kier molecular flexibility index (Phi) is 13.8. The Hall–Kier alpha value is -9.41. The number of aliphatic hydroxyl groups is 2. The van der Waals surface area contributed by atoms with Crippen molar-refractivity contribution in [2.24, 2.45) is 22.6 Å². The standard InChI is InChI=1S/C67H71N13O14/c68-63(74-35-10-11-37-36(24-35)53-55(76-37)57(89)61-64-16-20-79(29-31-4-5-31)42(66(53,64)91)22-33-8-12-40(81)59(93-61)51(33)64)71-19-18-70-46(85)27-73-47(86)28-72-44(83)14-15-45(84)78-49(88)26-69-25-48(87)75-38-2-1-3-39-50(38)54-56(77-39)58(90)62-65-17-21-80(30-32-6-7-32)43(67(54,65)92)23-34-9-13-41(82)60(94-62)52(34)65/h1-3,8-13,24,31-32,42-43,61-62,69,76-77,81-82,91-92H,4-7,14-23,25-30H2,(H,70,85)(H,72,83)(H,73,86)(H,75,87)(H3,68,71,74)(H,78,84,88)/t42-,43-,61-,62-,64-,65-,66-,67-/m0/s1. The summed E-state index contributed by atoms with van der Waals surface area (Å²) in [5.74, 6) is -3.21. The second kappa shape index (κ2) is 21.8. The maximum absolute atomic E-state index is 14.6. The first-order valence-corrected chi connectivity index (χ1v) is 32.4. The minimum absolute atomic E-state index is 0.0297. The topological polar surface area (TPSA) is 397 Å². The number of benzene rings is 4. The first-order chi connectivity index (χ1) is 45.3. The fraction of sp³-hybridized carbons (Fsp3) is 0.448. The minimum Gasteiger partial charge on any atom is -0.504 e. The summed E-state index contributed by atoms with van der Waals surface area (Å²) in [6.07, 6.45) is 3.44. The monoisotopic (exact) mass is 1280 g/mol. The molecular formula is C67H71N13O14. The number of hydrogen-bond acceptors (Lipinski definition) is 18. The summed E-state index contributed by atoms with van der Waals surface area (Å²) in [5.41, 5.74) is 7.41. The molecule has 6 heterocycles. The second-order valence-electron chi connectivity index (χ2n) is 27.1. The lowest BCUT2D eigenvalue weighted by atomic mass is 9.48. The molecule has 27 heteroatoms. The molecule has 94 heavy (non-hydrogen) atoms. The molecule has 2 spiro atoms. The van der Waals surface area contributed by atoms with E-state index in [2.05, 4.69) is 62.0 Å². The predicted molar refractivity (Wildman–Crippen MR) is 337 cm³/mol. The SMILES string of the molecule is NC(=NCCNC(=O)CNC(=O)CNC(=O)CCC(=O)NC(=O)CNCC(=O)Nc1cccc2[nH]c3c(c12)[C@@]1(O)[C@@H]2Cc4ccc(O)c5c4[C@@]1(CCN2CC1CC1)[C@@H](O5)C3=O)Nc1ccc2[nH]c3c(c2c1)[C@@]1(O)[C@@H]2Cc4ccc(O)c5c4[C@@]1(CCN2CC1CC1)[C@@H](O5)C3=O. The van der Waals surface area contributed by atoms with Crippen molar-refractivity contribution >= 4 is 86.1 Å². The van der Waals surface area contributed by atoms with Crippen LogP contribution in [-0.4, -0.2) is 183 Å². The number of aromatic nitrogens is 2. The number of amides is 6. The Morgan fingerprint density at radius 2 is 1.18 bits per heavy atom. The summed E-state index contributed by atoms with van der Waals surface area (Å²) in [6.45, 7) is 1.34. The molecule has 16 rings (SSSR count). The number of H-pyrrole nitrogens is 2. The summed E-state index contributed by atoms with van der Waals surface area (Å²) >= 11 is 0. The number of hydrogen-bond donors (Lipinski definition) is 14. The van der Waals surface area contributed by atoms with E-state index in [1.807, 2.05) is 18.2 Å². The van der Waals surface area contributed by atoms with Crippen molar-refractivity contribution < 1.29 is 68.3 Å². The van der Waals surface area contributed by atoms with Gasteiger partial charge in [-0.3, -0.25) is 63.8 Å². The predicted octanol–water partition coefficient (Wildman–Crippen LogP) is 1.03. The van der Waals surface area contributed by atoms with Crippen LogP contribution in [0.2, 0.25) is 0 Å². The van der Waals surface area contributed by atoms with E-state index in [4.69, 9.17) is 15.2 Å². The number of phenolic OH excluding ortho intramolecular Hbond substituents is 2. The highest BCUT2D eigenvalue weighted by Crippen LogP contribution is 2.70. The third-order valence-corrected chi connectivity index (χ3v) is 21.6. The fourth-order valence-corrected chi connectivity index (χ4v) is 17.4. The van der Waals surface area contributed by atoms with Gasteiger partial charge in [-0.15, -0.1) is 0 Å². The van der Waals surface area contributed by atoms with Gasteiger partial charge in [0, 0.05) is 94.3 Å². The van der Waals surface area contributed by atoms with Crippen molar-refractivity contribution in [2.45, 2.75) is 111 Å². The number of carbonyl (C=O) groups excluding carboxylic acids is 8. The number of likely N-dealkylation sites (tertiary alicyclic amines) is 2. The van der Waals surface area contributed by atoms with Gasteiger partial charge in [-0.05, 0) is 130 Å². The molecule has 4 bridgehead atoms. The highest BCUT2D eigenvalue weighted by molar-refractivity contribution is 6.14. The van der Waals surface area contributed by atoms with Gasteiger partial charge in [0.2, 0.25) is 47.0 Å². The Balaban J connectivity index is 0.473. The molecule has 27 nitrogen and oxygen atoms in total. The molecular weight excluding hydrogens is 1210 g/mol. The number of nitrogens with zero attached hydrogens (tertiary/aromatic N) is 3. The molecule has 0 unspecified atom stereocenters. The highest BCUT2D eigenvalue weighted by atomic mass is 16.5. The van der Waals surface area contributed by atoms with E-state index in [1.165, 1.54) is 0 Å². The van der Waals surface area contributed by atoms with Gasteiger partial charge >= 0.3 is 0 Å². The van der Waals surface area contributed by atoms with Crippen LogP contribution in [0.15, 0.2) is 65.7 Å². The van der Waals surface area contributed by atoms with Gasteiger partial charge in [-0.25, -0.2) is 0 Å². The minimum atomic E-state index is -1.67. The van der Waals surface area contributed by atoms with Crippen LogP contribution in [0.5, 0.6) is 23.0 Å². The van der Waals surface area contributed by atoms with Gasteiger partial charge in [0.05, 0.1) is 60.6 Å². The van der Waals surface area contributed by atoms with Gasteiger partial charge in [-0.1, -0.05) is 18.2 Å². The van der Waals surface area contributed by atoms with Crippen molar-refractivity contribution in [3.63, 3.8) is 0 Å². The first-order valence-electron chi connectivity index (χ1n) is 32.4. The Morgan fingerprint density at radius 3 is 1.81 bits per heavy atom. The van der Waals surface area contributed by atoms with Crippen LogP contribution in [0, 0.1) is 11.8 Å². The average Bonchev–Trinajstić information content (AvgIpc) is 1.59. The molecule has 2 aromatic heterocycles. The highest BCUT2D eigenvalue weighted by Gasteiger charge is 2.77. The molecule has 15 N–H and O–H groups in total. The zero-order valence-electron chi connectivity index (χ0n) is 51.2. The lowest BCUT2D eigenvalue weighted by Crippen LogP contribution is -2.75. The third kappa shape index (κ3) is 8.97. The maximum Gasteiger partial charge on any atom is 0.240 e. The number of aliphatic imine (C=N–C) groups is 1. The van der Waals surface area contributed by atoms with Gasteiger partial charge in [0.1, 0.15) is 11.2 Å². The number of aromatic amines is 2. The lowest BCUT2D eigenvalue weighted by molar-refractivity contribution is -0.169. The summed E-state index contributed by atoms with van der Waals surface area (Å²) in [7, 11) is 0. The zero-order chi connectivity index (χ0) is 64.9. The van der Waals surface area contributed by atoms with Gasteiger partial charge in [0.15, 0.2) is 41.2 Å². The molecule has 8 atom stereocenters. The van der Waals surface area contributed by atoms with Crippen LogP contribution in [0.4, 0.5) is 11.4 Å². The Morgan fingerprint density at radius 1 is 0.617 bits per heavy atom. The van der Waals surface area contributed by atoms with Crippen molar-refractivity contribution in [3.05, 3.63) is 105 Å². The number of ether oxygens (including phenoxy) is 2. The van der Waals surface area contributed by atoms with E-state index in [0.29, 0.717) is 100 Å². The molecule has 6 amide bonds. The Bertz CT molecular complexity index is 4360. The van der Waals surface area contributed by atoms with Crippen LogP contribution >= 0.6 is 0 Å². The molecule has 4 fully saturated rings. The number of nitrogens with two attached hydrogens (primary N) is 1. The zero-order valence-corrected chi connectivity index (χ0v) is 51.2. The van der Waals surface area contributed by atoms with E-state index in [1.54, 1.807) is 42.5 Å². The molecule has 6 aromatic rings. The summed E-state index contributed by atoms with van der Waals surface area (Å²) < 4.78 is 12.8. The molecule has 10 aliphatic rings. The fourth-order valence-electron chi connectivity index (χ4n) is 17.4. The van der Waals surface area contributed by atoms with E-state index < -0.39 is 102 Å². The third-order valence-electron chi connectivity index (χ3n) is 21.6. The van der Waals surface area contributed by atoms with E-state index >= 15 is 0 Å². The van der Waals surface area contributed by atoms with Crippen molar-refractivity contribution in [1.29, 1.82) is 0 Å². The van der Waals surface area contributed by atoms with Crippen LogP contribution in [0.3, 0.4) is 0 Å². The van der Waals surface area contributed by atoms with Gasteiger partial charge in [-0.2, -0.15) is 0 Å². The van der Waals surface area contributed by atoms with Crippen molar-refractivity contribution in [2.75, 3.05) is 76.1 Å². The van der Waals surface area contributed by atoms with Crippen LogP contribution in [0.1, 0.15) is 106 Å². The number of anilines is 2. The Labute approximate surface area is 536 Å². The molecule has 2 saturated heterocycles. The van der Waals surface area contributed by atoms with Gasteiger partial charge < -0.3 is 72.2 Å². The summed E-state index contributed by atoms with van der Waals surface area (Å²) in [6, 6.07) is 16.7. The van der Waals surface area contributed by atoms with Crippen LogP contribution < -0.4 is 52.4 Å². The normalized spacial score (nSPS) is 27.1. The number of guanidine groups is 1. The summed E-state index contributed by atoms with van der Waals surface area (Å²) in [5, 5.41) is 68.7. The number of phenols is 2. The van der Waals surface area contributed by atoms with Crippen LogP contribution in [0.25, 0.3) is 21.8 Å². The number of piperidine rings is 2. The van der Waals surface area contributed by atoms with E-state index in [0.717, 1.165) is 55.5 Å². The van der Waals surface area contributed by atoms with Crippen LogP contribution in [-0.2, 0) is 63.6 Å². The van der Waals surface area contributed by atoms with Crippen molar-refractivity contribution in [1.82, 2.24) is 46.4 Å². The molecule has 6 aliphatic carbocycles. The molecule has 4 aliphatic heterocycles. The average molecular weight is 1280 g/mol. The molecule has 488 valence electrons. The number of Topliss-reactive ketones (excluding diaryl/α,β-unsaturated/α-hetero) is 2. The van der Waals surface area contributed by atoms with E-state index in [9.17, 15) is 58.8 Å². The second-order valence-corrected chi connectivity index (χ2v) is 27.1. The molecule has 4 aromatic carbocycles. The lowest BCUT2D eigenvalue weighted by Gasteiger charge is -2.62. The summed E-state index contributed by atoms with van der Waals surface area (Å²) in [4.78, 5) is 121. The first kappa shape index (κ1) is 59.6.